The van der Waals surface area contributed by atoms with Gasteiger partial charge in [-0.25, -0.2) is 0 Å². The van der Waals surface area contributed by atoms with Gasteiger partial charge >= 0.3 is 0 Å². The Labute approximate surface area is 182 Å². The smallest absolute Gasteiger partial charge is 0.258 e. The normalized spacial score (nSPS) is 11.0. The quantitative estimate of drug-likeness (QED) is 0.475. The molecule has 0 aliphatic heterocycles. The van der Waals surface area contributed by atoms with Crippen LogP contribution < -0.4 is 10.5 Å². The van der Waals surface area contributed by atoms with Crippen LogP contribution in [0.15, 0.2) is 71.5 Å². The Morgan fingerprint density at radius 3 is 2.19 bits per heavy atom. The van der Waals surface area contributed by atoms with Crippen LogP contribution in [0.4, 0.5) is 5.69 Å². The highest BCUT2D eigenvalue weighted by atomic mass is 16.2. The van der Waals surface area contributed by atoms with Crippen molar-refractivity contribution in [2.45, 2.75) is 34.2 Å². The summed E-state index contributed by atoms with van der Waals surface area (Å²) in [6.45, 7) is 8.16. The van der Waals surface area contributed by atoms with Gasteiger partial charge in [-0.15, -0.1) is 0 Å². The number of aromatic nitrogens is 1. The van der Waals surface area contributed by atoms with Crippen LogP contribution in [-0.2, 0) is 6.54 Å². The molecule has 0 aliphatic carbocycles. The van der Waals surface area contributed by atoms with Crippen molar-refractivity contribution in [3.63, 3.8) is 0 Å². The van der Waals surface area contributed by atoms with Gasteiger partial charge in [0.05, 0.1) is 6.54 Å². The standard InChI is InChI=1S/C27H26N2O2/c1-17-6-10-21(11-7-17)27(31)29(25-14-19(3)5-9-20(25)4)16-23-15-22-12-8-18(2)13-24(22)28-26(23)30/h5-15H,16H2,1-4H3,(H,28,30). The number of hydrogen-bond donors (Lipinski definition) is 1. The van der Waals surface area contributed by atoms with Crippen LogP contribution in [0.2, 0.25) is 0 Å². The number of benzene rings is 3. The fraction of sp³-hybridized carbons (Fsp3) is 0.185. The Balaban J connectivity index is 1.82. The third-order valence-corrected chi connectivity index (χ3v) is 5.61. The van der Waals surface area contributed by atoms with Crippen molar-refractivity contribution >= 4 is 22.5 Å². The molecule has 31 heavy (non-hydrogen) atoms. The van der Waals surface area contributed by atoms with Crippen molar-refractivity contribution < 1.29 is 4.79 Å². The molecule has 1 amide bonds. The summed E-state index contributed by atoms with van der Waals surface area (Å²) in [6, 6.07) is 21.4. The number of fused-ring (bicyclic) bond motifs is 1. The van der Waals surface area contributed by atoms with Crippen molar-refractivity contribution in [2.24, 2.45) is 0 Å². The van der Waals surface area contributed by atoms with E-state index >= 15 is 0 Å². The van der Waals surface area contributed by atoms with Crippen molar-refractivity contribution in [3.05, 3.63) is 110 Å². The Bertz CT molecular complexity index is 1330. The molecule has 0 atom stereocenters. The van der Waals surface area contributed by atoms with Crippen LogP contribution in [0, 0.1) is 27.7 Å². The number of hydrogen-bond acceptors (Lipinski definition) is 2. The molecule has 4 aromatic rings. The Hall–Kier alpha value is -3.66. The van der Waals surface area contributed by atoms with Crippen molar-refractivity contribution in [2.75, 3.05) is 4.90 Å². The first-order chi connectivity index (χ1) is 14.8. The molecule has 0 spiro atoms. The number of carbonyl (C=O) groups is 1. The largest absolute Gasteiger partial charge is 0.322 e. The Kier molecular flexibility index (Phi) is 5.47. The van der Waals surface area contributed by atoms with Crippen LogP contribution in [0.3, 0.4) is 0 Å². The summed E-state index contributed by atoms with van der Waals surface area (Å²) in [5, 5.41) is 0.948. The number of aromatic amines is 1. The zero-order chi connectivity index (χ0) is 22.1. The monoisotopic (exact) mass is 410 g/mol. The van der Waals surface area contributed by atoms with Gasteiger partial charge in [-0.05, 0) is 80.1 Å². The predicted octanol–water partition coefficient (Wildman–Crippen LogP) is 5.61. The summed E-state index contributed by atoms with van der Waals surface area (Å²) in [5.41, 5.74) is 6.82. The minimum Gasteiger partial charge on any atom is -0.322 e. The molecule has 1 aromatic heterocycles. The van der Waals surface area contributed by atoms with Gasteiger partial charge in [-0.2, -0.15) is 0 Å². The first kappa shape index (κ1) is 20.6. The van der Waals surface area contributed by atoms with Crippen molar-refractivity contribution in [1.29, 1.82) is 0 Å². The molecule has 4 rings (SSSR count). The van der Waals surface area contributed by atoms with Crippen LogP contribution >= 0.6 is 0 Å². The molecule has 4 heteroatoms. The molecule has 0 unspecified atom stereocenters. The first-order valence-electron chi connectivity index (χ1n) is 10.4. The zero-order valence-electron chi connectivity index (χ0n) is 18.3. The number of amides is 1. The van der Waals surface area contributed by atoms with Gasteiger partial charge in [0, 0.05) is 22.3 Å². The number of pyridine rings is 1. The second-order valence-corrected chi connectivity index (χ2v) is 8.26. The molecule has 0 saturated carbocycles. The average Bonchev–Trinajstić information content (AvgIpc) is 2.74. The van der Waals surface area contributed by atoms with E-state index in [1.165, 1.54) is 0 Å². The van der Waals surface area contributed by atoms with Crippen LogP contribution in [-0.4, -0.2) is 10.9 Å². The second-order valence-electron chi connectivity index (χ2n) is 8.26. The number of H-pyrrole nitrogens is 1. The van der Waals surface area contributed by atoms with E-state index in [4.69, 9.17) is 0 Å². The van der Waals surface area contributed by atoms with E-state index in [2.05, 4.69) is 4.98 Å². The van der Waals surface area contributed by atoms with E-state index in [1.807, 2.05) is 94.4 Å². The fourth-order valence-electron chi connectivity index (χ4n) is 3.78. The molecule has 0 bridgehead atoms. The summed E-state index contributed by atoms with van der Waals surface area (Å²) >= 11 is 0. The molecule has 1 heterocycles. The maximum atomic E-state index is 13.6. The summed E-state index contributed by atoms with van der Waals surface area (Å²) in [7, 11) is 0. The Morgan fingerprint density at radius 1 is 0.806 bits per heavy atom. The molecule has 0 fully saturated rings. The van der Waals surface area contributed by atoms with Gasteiger partial charge in [-0.3, -0.25) is 9.59 Å². The van der Waals surface area contributed by atoms with Crippen LogP contribution in [0.5, 0.6) is 0 Å². The summed E-state index contributed by atoms with van der Waals surface area (Å²) < 4.78 is 0. The number of carbonyl (C=O) groups excluding carboxylic acids is 1. The van der Waals surface area contributed by atoms with E-state index in [0.717, 1.165) is 38.8 Å². The highest BCUT2D eigenvalue weighted by molar-refractivity contribution is 6.06. The van der Waals surface area contributed by atoms with E-state index in [9.17, 15) is 9.59 Å². The van der Waals surface area contributed by atoms with Gasteiger partial charge < -0.3 is 9.88 Å². The maximum absolute atomic E-state index is 13.6. The lowest BCUT2D eigenvalue weighted by atomic mass is 10.1. The minimum atomic E-state index is -0.176. The first-order valence-corrected chi connectivity index (χ1v) is 10.4. The lowest BCUT2D eigenvalue weighted by Crippen LogP contribution is -2.33. The zero-order valence-corrected chi connectivity index (χ0v) is 18.3. The van der Waals surface area contributed by atoms with Crippen LogP contribution in [0.25, 0.3) is 10.9 Å². The molecule has 3 aromatic carbocycles. The maximum Gasteiger partial charge on any atom is 0.258 e. The van der Waals surface area contributed by atoms with Crippen LogP contribution in [0.1, 0.15) is 38.2 Å². The second kappa shape index (κ2) is 8.23. The van der Waals surface area contributed by atoms with Gasteiger partial charge in [0.15, 0.2) is 0 Å². The SMILES string of the molecule is Cc1ccc(C(=O)N(Cc2cc3ccc(C)cc3[nH]c2=O)c2cc(C)ccc2C)cc1. The van der Waals surface area contributed by atoms with Gasteiger partial charge in [0.1, 0.15) is 0 Å². The molecule has 0 radical (unpaired) electrons. The molecule has 156 valence electrons. The molecule has 0 saturated heterocycles. The van der Waals surface area contributed by atoms with Crippen molar-refractivity contribution in [3.8, 4) is 0 Å². The lowest BCUT2D eigenvalue weighted by molar-refractivity contribution is 0.0985. The number of nitrogens with zero attached hydrogens (tertiary/aromatic N) is 1. The molecule has 0 aliphatic rings. The number of aryl methyl sites for hydroxylation is 4. The number of anilines is 1. The molecule has 4 nitrogen and oxygen atoms in total. The third-order valence-electron chi connectivity index (χ3n) is 5.61. The molecular formula is C27H26N2O2. The van der Waals surface area contributed by atoms with E-state index in [1.54, 1.807) is 4.90 Å². The topological polar surface area (TPSA) is 53.2 Å². The minimum absolute atomic E-state index is 0.128. The highest BCUT2D eigenvalue weighted by Crippen LogP contribution is 2.26. The average molecular weight is 411 g/mol. The van der Waals surface area contributed by atoms with E-state index in [-0.39, 0.29) is 18.0 Å². The summed E-state index contributed by atoms with van der Waals surface area (Å²) in [5.74, 6) is -0.128. The molecule has 1 N–H and O–H groups in total. The van der Waals surface area contributed by atoms with Gasteiger partial charge in [-0.1, -0.05) is 42.0 Å². The van der Waals surface area contributed by atoms with E-state index in [0.29, 0.717) is 11.1 Å². The van der Waals surface area contributed by atoms with Gasteiger partial charge in [0.2, 0.25) is 0 Å². The number of rotatable bonds is 4. The summed E-state index contributed by atoms with van der Waals surface area (Å²) in [6.07, 6.45) is 0. The third kappa shape index (κ3) is 4.29. The van der Waals surface area contributed by atoms with Crippen molar-refractivity contribution in [1.82, 2.24) is 4.98 Å². The van der Waals surface area contributed by atoms with E-state index < -0.39 is 0 Å². The fourth-order valence-corrected chi connectivity index (χ4v) is 3.78. The number of nitrogens with one attached hydrogen (secondary N) is 1. The Morgan fingerprint density at radius 2 is 1.45 bits per heavy atom. The highest BCUT2D eigenvalue weighted by Gasteiger charge is 2.21. The molecular weight excluding hydrogens is 384 g/mol. The van der Waals surface area contributed by atoms with Gasteiger partial charge in [0.25, 0.3) is 11.5 Å². The predicted molar refractivity (Wildman–Crippen MR) is 127 cm³/mol. The summed E-state index contributed by atoms with van der Waals surface area (Å²) in [4.78, 5) is 31.1. The lowest BCUT2D eigenvalue weighted by Gasteiger charge is -2.25.